The van der Waals surface area contributed by atoms with E-state index >= 15 is 0 Å². The van der Waals surface area contributed by atoms with E-state index < -0.39 is 0 Å². The third kappa shape index (κ3) is 2.37. The topological polar surface area (TPSA) is 67.2 Å². The number of anilines is 2. The van der Waals surface area contributed by atoms with Crippen LogP contribution in [-0.2, 0) is 4.79 Å². The lowest BCUT2D eigenvalue weighted by molar-refractivity contribution is -0.117. The number of amides is 1. The predicted octanol–water partition coefficient (Wildman–Crippen LogP) is 1.62. The van der Waals surface area contributed by atoms with E-state index in [-0.39, 0.29) is 5.91 Å². The van der Waals surface area contributed by atoms with E-state index in [9.17, 15) is 4.79 Å². The smallest absolute Gasteiger partial charge is 0.227 e. The molecule has 4 rings (SSSR count). The monoisotopic (exact) mass is 318 g/mol. The maximum absolute atomic E-state index is 11.8. The molecular weight excluding hydrogens is 300 g/mol. The van der Waals surface area contributed by atoms with Crippen LogP contribution in [0.1, 0.15) is 30.3 Å². The van der Waals surface area contributed by atoms with E-state index in [4.69, 9.17) is 0 Å². The van der Waals surface area contributed by atoms with Crippen LogP contribution in [0.2, 0.25) is 0 Å². The van der Waals surface area contributed by atoms with Gasteiger partial charge in [0.2, 0.25) is 11.0 Å². The van der Waals surface area contributed by atoms with E-state index in [0.717, 1.165) is 48.3 Å². The Kier molecular flexibility index (Phi) is 3.33. The summed E-state index contributed by atoms with van der Waals surface area (Å²) in [6.07, 6.45) is 6.44. The first-order chi connectivity index (χ1) is 10.7. The summed E-state index contributed by atoms with van der Waals surface area (Å²) in [5.74, 6) is 0.205. The number of rotatable bonds is 3. The number of aryl methyl sites for hydroxylation is 1. The van der Waals surface area contributed by atoms with Crippen molar-refractivity contribution in [3.05, 3.63) is 17.4 Å². The Hall–Kier alpha value is -1.96. The fourth-order valence-electron chi connectivity index (χ4n) is 3.13. The lowest BCUT2D eigenvalue weighted by Crippen LogP contribution is -2.23. The van der Waals surface area contributed by atoms with Crippen molar-refractivity contribution in [1.29, 1.82) is 0 Å². The molecule has 1 amide bonds. The van der Waals surface area contributed by atoms with Gasteiger partial charge in [0.25, 0.3) is 0 Å². The molecule has 2 aromatic rings. The van der Waals surface area contributed by atoms with Crippen LogP contribution in [0.4, 0.5) is 10.8 Å². The van der Waals surface area contributed by atoms with Gasteiger partial charge in [-0.25, -0.2) is 0 Å². The van der Waals surface area contributed by atoms with Gasteiger partial charge >= 0.3 is 0 Å². The van der Waals surface area contributed by atoms with Crippen LogP contribution in [-0.4, -0.2) is 45.5 Å². The van der Waals surface area contributed by atoms with Gasteiger partial charge in [0.1, 0.15) is 5.01 Å². The molecule has 7 nitrogen and oxygen atoms in total. The zero-order valence-electron chi connectivity index (χ0n) is 12.5. The number of aromatic nitrogens is 4. The molecule has 4 heterocycles. The Bertz CT molecular complexity index is 695. The highest BCUT2D eigenvalue weighted by molar-refractivity contribution is 7.15. The summed E-state index contributed by atoms with van der Waals surface area (Å²) >= 11 is 1.63. The first-order valence-electron chi connectivity index (χ1n) is 7.60. The largest absolute Gasteiger partial charge is 0.344 e. The molecule has 0 spiro atoms. The molecule has 116 valence electrons. The second kappa shape index (κ2) is 5.35. The van der Waals surface area contributed by atoms with Crippen LogP contribution < -0.4 is 9.80 Å². The maximum Gasteiger partial charge on any atom is 0.227 e. The fourth-order valence-corrected chi connectivity index (χ4v) is 3.86. The Labute approximate surface area is 132 Å². The van der Waals surface area contributed by atoms with Gasteiger partial charge in [-0.15, -0.1) is 10.2 Å². The number of carbonyl (C=O) groups excluding carboxylic acids is 1. The molecule has 2 saturated heterocycles. The Balaban J connectivity index is 1.47. The predicted molar refractivity (Wildman–Crippen MR) is 84.3 cm³/mol. The van der Waals surface area contributed by atoms with Crippen LogP contribution in [0.3, 0.4) is 0 Å². The summed E-state index contributed by atoms with van der Waals surface area (Å²) in [6.45, 7) is 4.65. The molecule has 22 heavy (non-hydrogen) atoms. The molecular formula is C14H18N6OS. The molecule has 0 bridgehead atoms. The van der Waals surface area contributed by atoms with Crippen molar-refractivity contribution in [2.75, 3.05) is 29.4 Å². The summed E-state index contributed by atoms with van der Waals surface area (Å²) in [5.41, 5.74) is 0.924. The zero-order valence-corrected chi connectivity index (χ0v) is 13.3. The van der Waals surface area contributed by atoms with Gasteiger partial charge < -0.3 is 9.80 Å². The Morgan fingerprint density at radius 2 is 2.23 bits per heavy atom. The summed E-state index contributed by atoms with van der Waals surface area (Å²) in [5, 5.41) is 14.8. The molecule has 8 heteroatoms. The third-order valence-electron chi connectivity index (χ3n) is 4.30. The number of hydrogen-bond acceptors (Lipinski definition) is 6. The number of carbonyl (C=O) groups is 1. The van der Waals surface area contributed by atoms with Crippen molar-refractivity contribution in [2.24, 2.45) is 0 Å². The van der Waals surface area contributed by atoms with Gasteiger partial charge in [0, 0.05) is 32.3 Å². The standard InChI is InChI=1S/C14H18N6OS/c1-10-16-17-14(22-10)18-6-4-11(8-18)20-9-12(7-15-20)19-5-2-3-13(19)21/h7,9,11H,2-6,8H2,1H3. The van der Waals surface area contributed by atoms with E-state index in [1.165, 1.54) is 0 Å². The van der Waals surface area contributed by atoms with Crippen LogP contribution in [0.25, 0.3) is 0 Å². The zero-order chi connectivity index (χ0) is 15.1. The molecule has 2 fully saturated rings. The molecule has 1 atom stereocenters. The maximum atomic E-state index is 11.8. The van der Waals surface area contributed by atoms with Gasteiger partial charge in [0.15, 0.2) is 0 Å². The average Bonchev–Trinajstić information content (AvgIpc) is 3.23. The van der Waals surface area contributed by atoms with E-state index in [0.29, 0.717) is 12.5 Å². The summed E-state index contributed by atoms with van der Waals surface area (Å²) in [7, 11) is 0. The van der Waals surface area contributed by atoms with E-state index in [2.05, 4.69) is 20.2 Å². The highest BCUT2D eigenvalue weighted by Crippen LogP contribution is 2.30. The van der Waals surface area contributed by atoms with Crippen molar-refractivity contribution in [2.45, 2.75) is 32.2 Å². The quantitative estimate of drug-likeness (QED) is 0.860. The number of hydrogen-bond donors (Lipinski definition) is 0. The van der Waals surface area contributed by atoms with E-state index in [1.54, 1.807) is 17.5 Å². The van der Waals surface area contributed by atoms with Crippen molar-refractivity contribution >= 4 is 28.1 Å². The second-order valence-corrected chi connectivity index (χ2v) is 6.98. The summed E-state index contributed by atoms with van der Waals surface area (Å²) < 4.78 is 1.99. The van der Waals surface area contributed by atoms with Gasteiger partial charge in [-0.05, 0) is 19.8 Å². The average molecular weight is 318 g/mol. The van der Waals surface area contributed by atoms with Crippen LogP contribution in [0.15, 0.2) is 12.4 Å². The molecule has 0 N–H and O–H groups in total. The molecule has 0 aliphatic carbocycles. The third-order valence-corrected chi connectivity index (χ3v) is 5.20. The fraction of sp³-hybridized carbons (Fsp3) is 0.571. The van der Waals surface area contributed by atoms with Gasteiger partial charge in [-0.2, -0.15) is 5.10 Å². The van der Waals surface area contributed by atoms with Crippen molar-refractivity contribution in [3.8, 4) is 0 Å². The normalized spacial score (nSPS) is 22.0. The molecule has 0 radical (unpaired) electrons. The minimum atomic E-state index is 0.205. The Morgan fingerprint density at radius 1 is 1.32 bits per heavy atom. The molecule has 2 aliphatic heterocycles. The van der Waals surface area contributed by atoms with Crippen molar-refractivity contribution in [1.82, 2.24) is 20.0 Å². The lowest BCUT2D eigenvalue weighted by Gasteiger charge is -2.15. The SMILES string of the molecule is Cc1nnc(N2CCC(n3cc(N4CCCC4=O)cn3)C2)s1. The van der Waals surface area contributed by atoms with Crippen LogP contribution in [0.5, 0.6) is 0 Å². The second-order valence-electron chi connectivity index (χ2n) is 5.82. The molecule has 0 saturated carbocycles. The van der Waals surface area contributed by atoms with Gasteiger partial charge in [-0.1, -0.05) is 11.3 Å². The first kappa shape index (κ1) is 13.7. The molecule has 1 unspecified atom stereocenters. The summed E-state index contributed by atoms with van der Waals surface area (Å²) in [4.78, 5) is 15.9. The molecule has 2 aliphatic rings. The minimum Gasteiger partial charge on any atom is -0.344 e. The summed E-state index contributed by atoms with van der Waals surface area (Å²) in [6, 6.07) is 0.329. The highest BCUT2D eigenvalue weighted by Gasteiger charge is 2.28. The van der Waals surface area contributed by atoms with E-state index in [1.807, 2.05) is 22.7 Å². The Morgan fingerprint density at radius 3 is 2.95 bits per heavy atom. The molecule has 0 aromatic carbocycles. The first-order valence-corrected chi connectivity index (χ1v) is 8.42. The highest BCUT2D eigenvalue weighted by atomic mass is 32.1. The van der Waals surface area contributed by atoms with Crippen molar-refractivity contribution < 1.29 is 4.79 Å². The minimum absolute atomic E-state index is 0.205. The van der Waals surface area contributed by atoms with Gasteiger partial charge in [0.05, 0.1) is 17.9 Å². The van der Waals surface area contributed by atoms with Crippen LogP contribution in [0, 0.1) is 6.92 Å². The van der Waals surface area contributed by atoms with Gasteiger partial charge in [-0.3, -0.25) is 9.48 Å². The van der Waals surface area contributed by atoms with Crippen molar-refractivity contribution in [3.63, 3.8) is 0 Å². The van der Waals surface area contributed by atoms with Crippen LogP contribution >= 0.6 is 11.3 Å². The molecule has 2 aromatic heterocycles. The number of nitrogens with zero attached hydrogens (tertiary/aromatic N) is 6. The lowest BCUT2D eigenvalue weighted by atomic mass is 10.3.